The molecule has 3 nitrogen and oxygen atoms in total. The van der Waals surface area contributed by atoms with Crippen molar-refractivity contribution in [3.05, 3.63) is 24.3 Å². The van der Waals surface area contributed by atoms with E-state index in [1.807, 2.05) is 0 Å². The van der Waals surface area contributed by atoms with Gasteiger partial charge in [-0.05, 0) is 76.7 Å². The summed E-state index contributed by atoms with van der Waals surface area (Å²) in [5.41, 5.74) is 0. The summed E-state index contributed by atoms with van der Waals surface area (Å²) in [6, 6.07) is 0. The van der Waals surface area contributed by atoms with Gasteiger partial charge < -0.3 is 4.89 Å². The summed E-state index contributed by atoms with van der Waals surface area (Å²) in [6.07, 6.45) is 13.4. The van der Waals surface area contributed by atoms with Gasteiger partial charge in [-0.2, -0.15) is 4.89 Å². The smallest absolute Gasteiger partial charge is 0.485 e. The second kappa shape index (κ2) is 32.4. The van der Waals surface area contributed by atoms with E-state index in [0.717, 1.165) is 0 Å². The first-order valence-corrected chi connectivity index (χ1v) is 14.7. The molecule has 0 fully saturated rings. The summed E-state index contributed by atoms with van der Waals surface area (Å²) in [5.74, 6) is 0. The van der Waals surface area contributed by atoms with Crippen LogP contribution in [0.1, 0.15) is 54.8 Å². The minimum atomic E-state index is -3.12. The molecule has 0 aliphatic carbocycles. The Hall–Kier alpha value is 1.37. The Morgan fingerprint density at radius 3 is 1.10 bits per heavy atom. The fraction of sp³-hybridized carbons (Fsp3) is 0.667. The molecule has 1 atom stereocenters. The van der Waals surface area contributed by atoms with Gasteiger partial charge in [-0.15, -0.1) is 0 Å². The van der Waals surface area contributed by atoms with Gasteiger partial charge in [0.15, 0.2) is 0 Å². The van der Waals surface area contributed by atoms with Crippen LogP contribution in [0.25, 0.3) is 0 Å². The lowest BCUT2D eigenvalue weighted by Gasteiger charge is -1.72. The Morgan fingerprint density at radius 1 is 0.950 bits per heavy atom. The zero-order valence-electron chi connectivity index (χ0n) is 12.4. The van der Waals surface area contributed by atoms with Gasteiger partial charge in [-0.25, -0.2) is 0 Å². The van der Waals surface area contributed by atoms with Crippen molar-refractivity contribution in [1.29, 1.82) is 0 Å². The summed E-state index contributed by atoms with van der Waals surface area (Å²) in [4.78, 5) is 15.6. The fourth-order valence-electron chi connectivity index (χ4n) is 0.667. The van der Waals surface area contributed by atoms with Crippen molar-refractivity contribution in [3.8, 4) is 0 Å². The summed E-state index contributed by atoms with van der Waals surface area (Å²) in [5, 5.41) is 0. The quantitative estimate of drug-likeness (QED) is 0.311. The summed E-state index contributed by atoms with van der Waals surface area (Å²) in [6.45, 7) is 8.58. The highest BCUT2D eigenvalue weighted by Crippen LogP contribution is 2.59. The zero-order valence-corrected chi connectivity index (χ0v) is 19.0. The van der Waals surface area contributed by atoms with Crippen LogP contribution in [0, 0.1) is 0 Å². The highest BCUT2D eigenvalue weighted by Gasteiger charge is 1.77. The van der Waals surface area contributed by atoms with Crippen LogP contribution < -0.4 is 4.89 Å². The maximum atomic E-state index is 8.59. The van der Waals surface area contributed by atoms with Crippen LogP contribution in [0.4, 0.5) is 0 Å². The molecule has 0 aliphatic rings. The monoisotopic (exact) mass is 518 g/mol. The first kappa shape index (κ1) is 29.4. The molecule has 0 rings (SSSR count). The molecule has 124 valence electrons. The lowest BCUT2D eigenvalue weighted by atomic mass is 10.4. The topological polar surface area (TPSA) is 60.4 Å². The normalized spacial score (nSPS) is 10.2. The van der Waals surface area contributed by atoms with Gasteiger partial charge in [-0.1, -0.05) is 52.0 Å². The molecule has 8 heteroatoms. The molecule has 0 saturated heterocycles. The van der Waals surface area contributed by atoms with E-state index < -0.39 is 8.25 Å². The van der Waals surface area contributed by atoms with Crippen molar-refractivity contribution in [1.82, 2.24) is 0 Å². The third kappa shape index (κ3) is 120. The Balaban J connectivity index is -0.0000000544. The van der Waals surface area contributed by atoms with Crippen LogP contribution in [0.3, 0.4) is 0 Å². The highest BCUT2D eigenvalue weighted by atomic mass is 80.0. The fourth-order valence-corrected chi connectivity index (χ4v) is 0.667. The lowest BCUT2D eigenvalue weighted by molar-refractivity contribution is -0.180. The zero-order chi connectivity index (χ0) is 16.8. The number of hydrogen-bond acceptors (Lipinski definition) is 2. The van der Waals surface area contributed by atoms with Gasteiger partial charge in [0.05, 0.1) is 0 Å². The first-order chi connectivity index (χ1) is 9.29. The standard InChI is InChI=1S/2C6H12.Br3P.HO3P.H2/c2*1-3-5-6-4-2;2*1-4(2)3;/h2*5-6H,3-4H2,1-2H3;;(H,1,2,3);1H/b2*6-5-;;;. The number of rotatable bonds is 4. The van der Waals surface area contributed by atoms with Gasteiger partial charge in [0.25, 0.3) is 0 Å². The molecule has 1 N–H and O–H groups in total. The molecule has 0 aromatic rings. The van der Waals surface area contributed by atoms with E-state index in [2.05, 4.69) is 98.5 Å². The minimum absolute atomic E-state index is 0. The summed E-state index contributed by atoms with van der Waals surface area (Å²) in [7, 11) is -3.12. The molecule has 0 heterocycles. The molecule has 0 radical (unpaired) electrons. The molecule has 0 amide bonds. The molecule has 20 heavy (non-hydrogen) atoms. The van der Waals surface area contributed by atoms with Crippen LogP contribution in [0.15, 0.2) is 24.3 Å². The molecule has 0 aromatic heterocycles. The average Bonchev–Trinajstić information content (AvgIpc) is 2.33. The Morgan fingerprint density at radius 2 is 1.05 bits per heavy atom. The van der Waals surface area contributed by atoms with Crippen molar-refractivity contribution in [3.63, 3.8) is 0 Å². The van der Waals surface area contributed by atoms with E-state index in [-0.39, 0.29) is 5.46 Å². The molecular weight excluding hydrogens is 494 g/mol. The van der Waals surface area contributed by atoms with Crippen LogP contribution >= 0.6 is 58.8 Å². The van der Waals surface area contributed by atoms with E-state index in [9.17, 15) is 0 Å². The second-order valence-corrected chi connectivity index (χ2v) is 18.8. The van der Waals surface area contributed by atoms with E-state index in [4.69, 9.17) is 14.4 Å². The SMILES string of the molecule is BrP(Br)Br.CC/C=C\CC.CC/C=C\CC.O=[P+]([O-])O.[HH]. The van der Waals surface area contributed by atoms with Gasteiger partial charge in [0.2, 0.25) is 0 Å². The number of allylic oxidation sites excluding steroid dienone is 4. The summed E-state index contributed by atoms with van der Waals surface area (Å²) >= 11 is 9.51. The maximum Gasteiger partial charge on any atom is 0.485 e. The molecule has 0 saturated carbocycles. The van der Waals surface area contributed by atoms with Crippen molar-refractivity contribution >= 4 is 58.8 Å². The van der Waals surface area contributed by atoms with Crippen molar-refractivity contribution in [2.75, 3.05) is 0 Å². The first-order valence-electron chi connectivity index (χ1n) is 6.20. The Kier molecular flexibility index (Phi) is 47.5. The third-order valence-corrected chi connectivity index (χ3v) is 1.28. The van der Waals surface area contributed by atoms with Crippen LogP contribution in [0.5, 0.6) is 0 Å². The van der Waals surface area contributed by atoms with Gasteiger partial charge >= 0.3 is 8.25 Å². The van der Waals surface area contributed by atoms with E-state index >= 15 is 0 Å². The largest absolute Gasteiger partial charge is 0.567 e. The minimum Gasteiger partial charge on any atom is -0.567 e. The Labute approximate surface area is 151 Å². The van der Waals surface area contributed by atoms with Crippen LogP contribution in [-0.2, 0) is 4.57 Å². The second-order valence-electron chi connectivity index (χ2n) is 3.01. The predicted octanol–water partition coefficient (Wildman–Crippen LogP) is 7.37. The van der Waals surface area contributed by atoms with E-state index in [0.29, 0.717) is 0 Å². The average molecular weight is 521 g/mol. The molecule has 0 bridgehead atoms. The maximum absolute atomic E-state index is 8.59. The summed E-state index contributed by atoms with van der Waals surface area (Å²) < 4.78 is 8.41. The van der Waals surface area contributed by atoms with Crippen LogP contribution in [0.2, 0.25) is 0 Å². The lowest BCUT2D eigenvalue weighted by Crippen LogP contribution is -1.78. The van der Waals surface area contributed by atoms with Crippen molar-refractivity contribution in [2.45, 2.75) is 53.4 Å². The molecule has 0 spiro atoms. The van der Waals surface area contributed by atoms with Gasteiger partial charge in [0.1, 0.15) is 4.03 Å². The molecule has 0 aliphatic heterocycles. The molecule has 1 unspecified atom stereocenters. The van der Waals surface area contributed by atoms with E-state index in [1.165, 1.54) is 25.7 Å². The molecular formula is C12H27Br3O3P2. The third-order valence-electron chi connectivity index (χ3n) is 1.28. The number of halogens is 3. The van der Waals surface area contributed by atoms with E-state index in [1.54, 1.807) is 0 Å². The Bertz CT molecular complexity index is 199. The van der Waals surface area contributed by atoms with Crippen molar-refractivity contribution in [2.24, 2.45) is 0 Å². The number of hydrogen-bond donors (Lipinski definition) is 1. The van der Waals surface area contributed by atoms with Gasteiger partial charge in [-0.3, -0.25) is 0 Å². The molecule has 0 aromatic carbocycles. The van der Waals surface area contributed by atoms with Crippen LogP contribution in [-0.4, -0.2) is 4.89 Å². The van der Waals surface area contributed by atoms with Gasteiger partial charge in [0, 0.05) is 1.43 Å². The predicted molar refractivity (Wildman–Crippen MR) is 105 cm³/mol. The van der Waals surface area contributed by atoms with Crippen molar-refractivity contribution < 1.29 is 15.8 Å². The highest BCUT2D eigenvalue weighted by molar-refractivity contribution is 9.93.